The molecule has 6 N–H and O–H groups in total. The molecule has 0 spiro atoms. The minimum Gasteiger partial charge on any atom is -0.397 e. The molecule has 0 saturated carbocycles. The van der Waals surface area contributed by atoms with E-state index >= 15 is 0 Å². The van der Waals surface area contributed by atoms with E-state index in [1.807, 2.05) is 0 Å². The van der Waals surface area contributed by atoms with Gasteiger partial charge in [-0.1, -0.05) is 22.0 Å². The molecule has 1 aromatic carbocycles. The maximum Gasteiger partial charge on any atom is 0.105 e. The predicted molar refractivity (Wildman–Crippen MR) is 64.6 cm³/mol. The van der Waals surface area contributed by atoms with Gasteiger partial charge in [0.2, 0.25) is 0 Å². The van der Waals surface area contributed by atoms with Crippen LogP contribution in [0.25, 0.3) is 0 Å². The summed E-state index contributed by atoms with van der Waals surface area (Å²) < 4.78 is 0. The number of aliphatic hydroxyl groups excluding tert-OH is 2. The molecule has 2 atom stereocenters. The first-order chi connectivity index (χ1) is 7.06. The molecule has 0 saturated heterocycles. The normalized spacial score (nSPS) is 14.9. The van der Waals surface area contributed by atoms with Crippen LogP contribution in [0.3, 0.4) is 0 Å². The molecule has 2 unspecified atom stereocenters. The Morgan fingerprint density at radius 3 is 2.40 bits per heavy atom. The topological polar surface area (TPSA) is 92.5 Å². The fourth-order valence-corrected chi connectivity index (χ4v) is 1.74. The lowest BCUT2D eigenvalue weighted by atomic mass is 10.0. The Hall–Kier alpha value is -0.780. The van der Waals surface area contributed by atoms with Crippen molar-refractivity contribution in [2.24, 2.45) is 0 Å². The first kappa shape index (κ1) is 12.3. The van der Waals surface area contributed by atoms with Crippen molar-refractivity contribution in [3.63, 3.8) is 0 Å². The van der Waals surface area contributed by atoms with Gasteiger partial charge in [-0.15, -0.1) is 0 Å². The number of benzene rings is 1. The Morgan fingerprint density at radius 1 is 1.20 bits per heavy atom. The molecule has 0 aliphatic rings. The number of hydrogen-bond donors (Lipinski definition) is 4. The highest BCUT2D eigenvalue weighted by Gasteiger charge is 2.17. The van der Waals surface area contributed by atoms with Crippen molar-refractivity contribution in [3.8, 4) is 0 Å². The van der Waals surface area contributed by atoms with Gasteiger partial charge in [-0.25, -0.2) is 0 Å². The lowest BCUT2D eigenvalue weighted by Crippen LogP contribution is -2.18. The molecule has 4 nitrogen and oxygen atoms in total. The van der Waals surface area contributed by atoms with E-state index in [-0.39, 0.29) is 0 Å². The van der Waals surface area contributed by atoms with Gasteiger partial charge in [0.05, 0.1) is 17.5 Å². The van der Waals surface area contributed by atoms with E-state index in [4.69, 9.17) is 11.5 Å². The van der Waals surface area contributed by atoms with Gasteiger partial charge in [0.15, 0.2) is 0 Å². The number of nitrogen functional groups attached to an aromatic ring is 2. The first-order valence-corrected chi connectivity index (χ1v) is 5.75. The zero-order chi connectivity index (χ0) is 11.4. The smallest absolute Gasteiger partial charge is 0.105 e. The zero-order valence-corrected chi connectivity index (χ0v) is 9.81. The average Bonchev–Trinajstić information content (AvgIpc) is 2.21. The Labute approximate surface area is 97.0 Å². The monoisotopic (exact) mass is 274 g/mol. The van der Waals surface area contributed by atoms with Gasteiger partial charge < -0.3 is 21.7 Å². The first-order valence-electron chi connectivity index (χ1n) is 4.63. The maximum absolute atomic E-state index is 9.77. The quantitative estimate of drug-likeness (QED) is 0.488. The van der Waals surface area contributed by atoms with Crippen LogP contribution in [0.15, 0.2) is 18.2 Å². The minimum atomic E-state index is -0.926. The van der Waals surface area contributed by atoms with Crippen LogP contribution in [0.5, 0.6) is 0 Å². The van der Waals surface area contributed by atoms with Crippen LogP contribution in [-0.2, 0) is 0 Å². The van der Waals surface area contributed by atoms with Crippen molar-refractivity contribution in [1.29, 1.82) is 0 Å². The van der Waals surface area contributed by atoms with E-state index in [0.29, 0.717) is 28.7 Å². The number of alkyl halides is 1. The number of aliphatic hydroxyl groups is 2. The number of hydrogen-bond acceptors (Lipinski definition) is 4. The van der Waals surface area contributed by atoms with Crippen molar-refractivity contribution in [2.45, 2.75) is 18.6 Å². The molecular weight excluding hydrogens is 260 g/mol. The third-order valence-electron chi connectivity index (χ3n) is 2.22. The van der Waals surface area contributed by atoms with Crippen molar-refractivity contribution in [2.75, 3.05) is 16.8 Å². The summed E-state index contributed by atoms with van der Waals surface area (Å²) in [4.78, 5) is 0. The van der Waals surface area contributed by atoms with Gasteiger partial charge in [-0.3, -0.25) is 0 Å². The molecule has 5 heteroatoms. The van der Waals surface area contributed by atoms with Crippen LogP contribution >= 0.6 is 15.9 Å². The van der Waals surface area contributed by atoms with Crippen LogP contribution in [0, 0.1) is 0 Å². The van der Waals surface area contributed by atoms with E-state index in [1.54, 1.807) is 18.2 Å². The molecule has 0 aliphatic carbocycles. The zero-order valence-electron chi connectivity index (χ0n) is 8.23. The summed E-state index contributed by atoms with van der Waals surface area (Å²) in [5, 5.41) is 20.0. The van der Waals surface area contributed by atoms with E-state index < -0.39 is 12.2 Å². The van der Waals surface area contributed by atoms with Gasteiger partial charge in [-0.2, -0.15) is 0 Å². The van der Waals surface area contributed by atoms with E-state index in [0.717, 1.165) is 0 Å². The molecule has 1 rings (SSSR count). The molecular formula is C10H15BrN2O2. The van der Waals surface area contributed by atoms with Crippen molar-refractivity contribution >= 4 is 27.3 Å². The average molecular weight is 275 g/mol. The number of rotatable bonds is 4. The summed E-state index contributed by atoms with van der Waals surface area (Å²) in [7, 11) is 0. The molecule has 84 valence electrons. The Morgan fingerprint density at radius 2 is 1.87 bits per heavy atom. The molecule has 1 aromatic rings. The molecule has 0 amide bonds. The number of anilines is 2. The Kier molecular flexibility index (Phi) is 4.38. The summed E-state index contributed by atoms with van der Waals surface area (Å²) in [6, 6.07) is 4.86. The van der Waals surface area contributed by atoms with E-state index in [1.165, 1.54) is 0 Å². The molecule has 15 heavy (non-hydrogen) atoms. The molecule has 0 fully saturated rings. The third kappa shape index (κ3) is 3.09. The van der Waals surface area contributed by atoms with E-state index in [2.05, 4.69) is 15.9 Å². The van der Waals surface area contributed by atoms with Gasteiger partial charge in [0.1, 0.15) is 6.10 Å². The minimum absolute atomic E-state index is 0.414. The van der Waals surface area contributed by atoms with Crippen LogP contribution in [-0.4, -0.2) is 21.6 Å². The van der Waals surface area contributed by atoms with Gasteiger partial charge in [0, 0.05) is 5.33 Å². The standard InChI is InChI=1S/C10H15BrN2O2/c11-4-3-9(14)10(15)6-1-2-7(12)8(13)5-6/h1-2,5,9-10,14-15H,3-4,12-13H2. The molecule has 0 bridgehead atoms. The SMILES string of the molecule is Nc1ccc(C(O)C(O)CCBr)cc1N. The van der Waals surface area contributed by atoms with Crippen LogP contribution < -0.4 is 11.5 Å². The fraction of sp³-hybridized carbons (Fsp3) is 0.400. The third-order valence-corrected chi connectivity index (χ3v) is 2.68. The molecule has 0 heterocycles. The van der Waals surface area contributed by atoms with Crippen molar-refractivity contribution in [3.05, 3.63) is 23.8 Å². The highest BCUT2D eigenvalue weighted by molar-refractivity contribution is 9.09. The van der Waals surface area contributed by atoms with Gasteiger partial charge >= 0.3 is 0 Å². The van der Waals surface area contributed by atoms with Crippen LogP contribution in [0.4, 0.5) is 11.4 Å². The largest absolute Gasteiger partial charge is 0.397 e. The van der Waals surface area contributed by atoms with Gasteiger partial charge in [-0.05, 0) is 24.1 Å². The van der Waals surface area contributed by atoms with Gasteiger partial charge in [0.25, 0.3) is 0 Å². The van der Waals surface area contributed by atoms with Crippen LogP contribution in [0.2, 0.25) is 0 Å². The highest BCUT2D eigenvalue weighted by atomic mass is 79.9. The Balaban J connectivity index is 2.81. The molecule has 0 radical (unpaired) electrons. The second-order valence-electron chi connectivity index (χ2n) is 3.38. The maximum atomic E-state index is 9.77. The lowest BCUT2D eigenvalue weighted by molar-refractivity contribution is 0.0174. The fourth-order valence-electron chi connectivity index (χ4n) is 1.27. The number of halogens is 1. The van der Waals surface area contributed by atoms with Crippen LogP contribution in [0.1, 0.15) is 18.1 Å². The Bertz CT molecular complexity index is 333. The van der Waals surface area contributed by atoms with E-state index in [9.17, 15) is 10.2 Å². The molecule has 0 aromatic heterocycles. The summed E-state index contributed by atoms with van der Waals surface area (Å²) in [5.74, 6) is 0. The summed E-state index contributed by atoms with van der Waals surface area (Å²) in [6.07, 6.45) is -1.25. The lowest BCUT2D eigenvalue weighted by Gasteiger charge is -2.17. The number of nitrogens with two attached hydrogens (primary N) is 2. The van der Waals surface area contributed by atoms with Crippen molar-refractivity contribution < 1.29 is 10.2 Å². The highest BCUT2D eigenvalue weighted by Crippen LogP contribution is 2.24. The van der Waals surface area contributed by atoms with Crippen molar-refractivity contribution in [1.82, 2.24) is 0 Å². The summed E-state index contributed by atoms with van der Waals surface area (Å²) >= 11 is 3.20. The summed E-state index contributed by atoms with van der Waals surface area (Å²) in [5.41, 5.74) is 12.6. The second-order valence-corrected chi connectivity index (χ2v) is 4.17. The molecule has 0 aliphatic heterocycles. The second kappa shape index (κ2) is 5.34. The summed E-state index contributed by atoms with van der Waals surface area (Å²) in [6.45, 7) is 0. The predicted octanol–water partition coefficient (Wildman–Crippen LogP) is 1.03.